The molecule has 0 N–H and O–H groups in total. The summed E-state index contributed by atoms with van der Waals surface area (Å²) in [5.74, 6) is 3.49. The summed E-state index contributed by atoms with van der Waals surface area (Å²) in [5.41, 5.74) is 2.92. The number of methoxy groups -OCH3 is 1. The fourth-order valence-corrected chi connectivity index (χ4v) is 4.21. The van der Waals surface area contributed by atoms with Gasteiger partial charge in [-0.1, -0.05) is 13.0 Å². The average Bonchev–Trinajstić information content (AvgIpc) is 2.41. The van der Waals surface area contributed by atoms with Gasteiger partial charge < -0.3 is 4.74 Å². The Bertz CT molecular complexity index is 421. The molecule has 1 nitrogen and oxygen atoms in total. The Morgan fingerprint density at radius 2 is 2.28 bits per heavy atom. The Balaban J connectivity index is 2.38. The van der Waals surface area contributed by atoms with E-state index >= 15 is 0 Å². The second-order valence-corrected chi connectivity index (χ2v) is 7.09. The van der Waals surface area contributed by atoms with Crippen molar-refractivity contribution in [3.05, 3.63) is 29.3 Å². The molecule has 0 saturated heterocycles. The Morgan fingerprint density at radius 1 is 1.50 bits per heavy atom. The van der Waals surface area contributed by atoms with E-state index in [-0.39, 0.29) is 4.75 Å². The molecule has 0 saturated carbocycles. The van der Waals surface area contributed by atoms with Gasteiger partial charge in [0.15, 0.2) is 0 Å². The van der Waals surface area contributed by atoms with Crippen LogP contribution in [-0.4, -0.2) is 18.7 Å². The van der Waals surface area contributed by atoms with Gasteiger partial charge in [-0.15, -0.1) is 11.6 Å². The zero-order valence-electron chi connectivity index (χ0n) is 11.3. The third-order valence-electron chi connectivity index (χ3n) is 3.80. The number of hydrogen-bond acceptors (Lipinski definition) is 2. The Hall–Kier alpha value is -0.340. The van der Waals surface area contributed by atoms with Crippen LogP contribution in [0.1, 0.15) is 43.7 Å². The molecule has 0 fully saturated rings. The summed E-state index contributed by atoms with van der Waals surface area (Å²) in [5, 5.41) is 0. The van der Waals surface area contributed by atoms with Crippen molar-refractivity contribution in [1.29, 1.82) is 0 Å². The molecule has 0 bridgehead atoms. The summed E-state index contributed by atoms with van der Waals surface area (Å²) >= 11 is 7.93. The van der Waals surface area contributed by atoms with Crippen LogP contribution in [-0.2, 0) is 4.75 Å². The molecule has 1 aromatic carbocycles. The van der Waals surface area contributed by atoms with Crippen molar-refractivity contribution in [3.8, 4) is 5.75 Å². The molecule has 2 atom stereocenters. The molecular formula is C15H21ClOS. The van der Waals surface area contributed by atoms with Gasteiger partial charge in [-0.25, -0.2) is 0 Å². The molecule has 1 aliphatic rings. The molecule has 0 aromatic heterocycles. The monoisotopic (exact) mass is 284 g/mol. The van der Waals surface area contributed by atoms with Gasteiger partial charge in [0, 0.05) is 16.4 Å². The van der Waals surface area contributed by atoms with Gasteiger partial charge in [-0.05, 0) is 48.9 Å². The molecular weight excluding hydrogens is 264 g/mol. The van der Waals surface area contributed by atoms with E-state index in [0.29, 0.717) is 5.92 Å². The minimum absolute atomic E-state index is 0.211. The highest BCUT2D eigenvalue weighted by Crippen LogP contribution is 2.50. The van der Waals surface area contributed by atoms with E-state index in [9.17, 15) is 0 Å². The van der Waals surface area contributed by atoms with E-state index in [1.165, 1.54) is 16.9 Å². The predicted octanol–water partition coefficient (Wildman–Crippen LogP) is 4.78. The number of ether oxygens (including phenoxy) is 1. The standard InChI is InChI=1S/C15H21ClOS/c1-11-10-18-15(2,7-4-8-16)14-6-5-12(17-3)9-13(11)14/h5-6,9,11H,4,7-8,10H2,1-3H3. The SMILES string of the molecule is COc1ccc2c(c1)C(C)CSC2(C)CCCCl. The minimum Gasteiger partial charge on any atom is -0.497 e. The molecule has 18 heavy (non-hydrogen) atoms. The lowest BCUT2D eigenvalue weighted by molar-refractivity contribution is 0.413. The maximum Gasteiger partial charge on any atom is 0.119 e. The quantitative estimate of drug-likeness (QED) is 0.736. The van der Waals surface area contributed by atoms with Gasteiger partial charge in [0.05, 0.1) is 7.11 Å². The Kier molecular flexibility index (Phi) is 4.50. The van der Waals surface area contributed by atoms with Crippen molar-refractivity contribution in [2.24, 2.45) is 0 Å². The van der Waals surface area contributed by atoms with Crippen LogP contribution in [0.5, 0.6) is 5.75 Å². The molecule has 2 unspecified atom stereocenters. The number of benzene rings is 1. The topological polar surface area (TPSA) is 9.23 Å². The Labute approximate surface area is 119 Å². The molecule has 100 valence electrons. The van der Waals surface area contributed by atoms with E-state index in [1.54, 1.807) is 7.11 Å². The molecule has 0 spiro atoms. The van der Waals surface area contributed by atoms with Crippen molar-refractivity contribution in [2.45, 2.75) is 37.4 Å². The molecule has 3 heteroatoms. The third kappa shape index (κ3) is 2.65. The van der Waals surface area contributed by atoms with Gasteiger partial charge in [-0.3, -0.25) is 0 Å². The van der Waals surface area contributed by atoms with Crippen LogP contribution in [0.2, 0.25) is 0 Å². The van der Waals surface area contributed by atoms with E-state index in [0.717, 1.165) is 24.5 Å². The summed E-state index contributed by atoms with van der Waals surface area (Å²) in [7, 11) is 1.73. The second kappa shape index (κ2) is 5.75. The average molecular weight is 285 g/mol. The second-order valence-electron chi connectivity index (χ2n) is 5.19. The summed E-state index contributed by atoms with van der Waals surface area (Å²) in [4.78, 5) is 0. The smallest absolute Gasteiger partial charge is 0.119 e. The number of thioether (sulfide) groups is 1. The first-order chi connectivity index (χ1) is 8.60. The normalized spacial score (nSPS) is 26.8. The highest BCUT2D eigenvalue weighted by molar-refractivity contribution is 8.00. The van der Waals surface area contributed by atoms with Crippen LogP contribution in [0, 0.1) is 0 Å². The van der Waals surface area contributed by atoms with Gasteiger partial charge in [0.1, 0.15) is 5.75 Å². The fraction of sp³-hybridized carbons (Fsp3) is 0.600. The molecule has 0 aliphatic carbocycles. The first-order valence-corrected chi connectivity index (χ1v) is 8.01. The number of rotatable bonds is 4. The number of halogens is 1. The highest BCUT2D eigenvalue weighted by Gasteiger charge is 2.35. The Morgan fingerprint density at radius 3 is 2.94 bits per heavy atom. The minimum atomic E-state index is 0.211. The summed E-state index contributed by atoms with van der Waals surface area (Å²) < 4.78 is 5.56. The van der Waals surface area contributed by atoms with Crippen molar-refractivity contribution < 1.29 is 4.74 Å². The van der Waals surface area contributed by atoms with E-state index < -0.39 is 0 Å². The fourth-order valence-electron chi connectivity index (χ4n) is 2.64. The zero-order valence-corrected chi connectivity index (χ0v) is 12.9. The third-order valence-corrected chi connectivity index (χ3v) is 5.79. The molecule has 1 aliphatic heterocycles. The highest BCUT2D eigenvalue weighted by atomic mass is 35.5. The number of hydrogen-bond donors (Lipinski definition) is 0. The number of fused-ring (bicyclic) bond motifs is 1. The van der Waals surface area contributed by atoms with Crippen LogP contribution in [0.15, 0.2) is 18.2 Å². The van der Waals surface area contributed by atoms with Crippen molar-refractivity contribution >= 4 is 23.4 Å². The van der Waals surface area contributed by atoms with Crippen molar-refractivity contribution in [1.82, 2.24) is 0 Å². The molecule has 1 heterocycles. The number of alkyl halides is 1. The lowest BCUT2D eigenvalue weighted by atomic mass is 9.86. The van der Waals surface area contributed by atoms with Gasteiger partial charge in [0.25, 0.3) is 0 Å². The summed E-state index contributed by atoms with van der Waals surface area (Å²) in [6, 6.07) is 6.53. The molecule has 0 radical (unpaired) electrons. The lowest BCUT2D eigenvalue weighted by Gasteiger charge is -2.38. The van der Waals surface area contributed by atoms with Crippen molar-refractivity contribution in [2.75, 3.05) is 18.7 Å². The molecule has 2 rings (SSSR count). The maximum atomic E-state index is 5.86. The van der Waals surface area contributed by atoms with Crippen LogP contribution in [0.3, 0.4) is 0 Å². The maximum absolute atomic E-state index is 5.86. The van der Waals surface area contributed by atoms with Gasteiger partial charge in [0.2, 0.25) is 0 Å². The van der Waals surface area contributed by atoms with Gasteiger partial charge >= 0.3 is 0 Å². The molecule has 1 aromatic rings. The zero-order chi connectivity index (χ0) is 13.2. The predicted molar refractivity (Wildman–Crippen MR) is 81.2 cm³/mol. The van der Waals surface area contributed by atoms with Crippen LogP contribution >= 0.6 is 23.4 Å². The molecule has 0 amide bonds. The van der Waals surface area contributed by atoms with E-state index in [2.05, 4.69) is 43.8 Å². The van der Waals surface area contributed by atoms with E-state index in [4.69, 9.17) is 16.3 Å². The lowest BCUT2D eigenvalue weighted by Crippen LogP contribution is -2.26. The van der Waals surface area contributed by atoms with Crippen LogP contribution in [0.25, 0.3) is 0 Å². The van der Waals surface area contributed by atoms with Crippen molar-refractivity contribution in [3.63, 3.8) is 0 Å². The largest absolute Gasteiger partial charge is 0.497 e. The summed E-state index contributed by atoms with van der Waals surface area (Å²) in [6.45, 7) is 4.65. The van der Waals surface area contributed by atoms with Crippen LogP contribution in [0.4, 0.5) is 0 Å². The first kappa shape index (κ1) is 14.1. The van der Waals surface area contributed by atoms with Gasteiger partial charge in [-0.2, -0.15) is 11.8 Å². The summed E-state index contributed by atoms with van der Waals surface area (Å²) in [6.07, 6.45) is 2.22. The van der Waals surface area contributed by atoms with Crippen LogP contribution < -0.4 is 4.74 Å². The van der Waals surface area contributed by atoms with E-state index in [1.807, 2.05) is 0 Å². The first-order valence-electron chi connectivity index (χ1n) is 6.49.